The molecule has 0 amide bonds. The molecule has 0 spiro atoms. The van der Waals surface area contributed by atoms with Gasteiger partial charge in [-0.25, -0.2) is 4.98 Å². The molecule has 6 rings (SSSR count). The predicted octanol–water partition coefficient (Wildman–Crippen LogP) is 6.08. The third kappa shape index (κ3) is 1.78. The number of hydrogen-bond donors (Lipinski definition) is 0. The molecule has 0 unspecified atom stereocenters. The lowest BCUT2D eigenvalue weighted by Gasteiger charge is -2.24. The van der Waals surface area contributed by atoms with Crippen molar-refractivity contribution in [3.63, 3.8) is 0 Å². The van der Waals surface area contributed by atoms with Crippen molar-refractivity contribution in [1.82, 2.24) is 9.55 Å². The van der Waals surface area contributed by atoms with Crippen LogP contribution in [0.25, 0.3) is 38.8 Å². The fourth-order valence-electron chi connectivity index (χ4n) is 4.73. The standard InChI is InChI=1S/C24H18N2O/c1-24(2)18-9-5-3-7-16(18)22-17-8-4-6-10-20(17)26(23(22)24)15-11-12-19-21(13-15)27-14-25-19/h3-14H,1-2H3. The first-order chi connectivity index (χ1) is 13.2. The fraction of sp³-hybridized carbons (Fsp3) is 0.125. The minimum atomic E-state index is -0.0820. The van der Waals surface area contributed by atoms with E-state index in [4.69, 9.17) is 4.42 Å². The number of fused-ring (bicyclic) bond motifs is 6. The molecule has 5 aromatic rings. The Morgan fingerprint density at radius 1 is 0.926 bits per heavy atom. The van der Waals surface area contributed by atoms with E-state index in [-0.39, 0.29) is 5.41 Å². The predicted molar refractivity (Wildman–Crippen MR) is 108 cm³/mol. The molecule has 3 aromatic carbocycles. The summed E-state index contributed by atoms with van der Waals surface area (Å²) in [4.78, 5) is 4.26. The summed E-state index contributed by atoms with van der Waals surface area (Å²) in [5, 5.41) is 1.29. The van der Waals surface area contributed by atoms with Crippen molar-refractivity contribution < 1.29 is 4.42 Å². The number of para-hydroxylation sites is 1. The van der Waals surface area contributed by atoms with E-state index in [0.29, 0.717) is 0 Å². The van der Waals surface area contributed by atoms with Crippen LogP contribution in [0.5, 0.6) is 0 Å². The topological polar surface area (TPSA) is 31.0 Å². The number of nitrogens with zero attached hydrogens (tertiary/aromatic N) is 2. The molecule has 0 N–H and O–H groups in total. The van der Waals surface area contributed by atoms with Crippen molar-refractivity contribution in [3.05, 3.63) is 84.4 Å². The lowest BCUT2D eigenvalue weighted by atomic mass is 9.85. The second-order valence-corrected chi connectivity index (χ2v) is 7.75. The van der Waals surface area contributed by atoms with Crippen LogP contribution in [0.1, 0.15) is 25.1 Å². The molecule has 2 aromatic heterocycles. The van der Waals surface area contributed by atoms with Crippen LogP contribution in [-0.2, 0) is 5.41 Å². The first-order valence-electron chi connectivity index (χ1n) is 9.24. The normalized spacial score (nSPS) is 14.6. The highest BCUT2D eigenvalue weighted by Gasteiger charge is 2.40. The van der Waals surface area contributed by atoms with E-state index in [1.54, 1.807) is 0 Å². The van der Waals surface area contributed by atoms with Crippen molar-refractivity contribution in [2.45, 2.75) is 19.3 Å². The Bertz CT molecular complexity index is 1350. The highest BCUT2D eigenvalue weighted by Crippen LogP contribution is 2.53. The molecule has 0 saturated carbocycles. The molecule has 0 bridgehead atoms. The second kappa shape index (κ2) is 4.89. The van der Waals surface area contributed by atoms with Gasteiger partial charge in [-0.15, -0.1) is 0 Å². The average Bonchev–Trinajstić information content (AvgIpc) is 3.35. The smallest absolute Gasteiger partial charge is 0.181 e. The van der Waals surface area contributed by atoms with Gasteiger partial charge in [0.05, 0.1) is 5.52 Å². The summed E-state index contributed by atoms with van der Waals surface area (Å²) in [6.45, 7) is 4.64. The molecule has 0 fully saturated rings. The SMILES string of the molecule is CC1(C)c2ccccc2-c2c1n(-c1ccc3ncoc3c1)c1ccccc21. The number of hydrogen-bond acceptors (Lipinski definition) is 2. The Kier molecular flexibility index (Phi) is 2.68. The summed E-state index contributed by atoms with van der Waals surface area (Å²) in [5.41, 5.74) is 9.36. The van der Waals surface area contributed by atoms with E-state index in [2.05, 4.69) is 84.1 Å². The minimum absolute atomic E-state index is 0.0820. The molecule has 0 atom stereocenters. The summed E-state index contributed by atoms with van der Waals surface area (Å²) >= 11 is 0. The third-order valence-corrected chi connectivity index (χ3v) is 5.91. The lowest BCUT2D eigenvalue weighted by molar-refractivity contribution is 0.601. The van der Waals surface area contributed by atoms with Gasteiger partial charge in [-0.05, 0) is 29.3 Å². The average molecular weight is 350 g/mol. The quantitative estimate of drug-likeness (QED) is 0.367. The summed E-state index contributed by atoms with van der Waals surface area (Å²) in [6, 6.07) is 23.7. The lowest BCUT2D eigenvalue weighted by Crippen LogP contribution is -2.19. The van der Waals surface area contributed by atoms with Crippen molar-refractivity contribution in [2.24, 2.45) is 0 Å². The van der Waals surface area contributed by atoms with Gasteiger partial charge >= 0.3 is 0 Å². The summed E-state index contributed by atoms with van der Waals surface area (Å²) in [7, 11) is 0. The first kappa shape index (κ1) is 14.8. The van der Waals surface area contributed by atoms with Gasteiger partial charge in [-0.1, -0.05) is 56.3 Å². The van der Waals surface area contributed by atoms with Crippen molar-refractivity contribution in [1.29, 1.82) is 0 Å². The van der Waals surface area contributed by atoms with Gasteiger partial charge in [0, 0.05) is 33.8 Å². The zero-order chi connectivity index (χ0) is 18.2. The number of aromatic nitrogens is 2. The number of benzene rings is 3. The molecule has 0 saturated heterocycles. The van der Waals surface area contributed by atoms with E-state index in [1.807, 2.05) is 6.07 Å². The maximum absolute atomic E-state index is 5.58. The number of rotatable bonds is 1. The van der Waals surface area contributed by atoms with E-state index in [9.17, 15) is 0 Å². The Balaban J connectivity index is 1.79. The fourth-order valence-corrected chi connectivity index (χ4v) is 4.73. The van der Waals surface area contributed by atoms with Crippen LogP contribution < -0.4 is 0 Å². The summed E-state index contributed by atoms with van der Waals surface area (Å²) in [5.74, 6) is 0. The van der Waals surface area contributed by atoms with Gasteiger partial charge in [0.15, 0.2) is 12.0 Å². The molecule has 0 aliphatic heterocycles. The number of oxazole rings is 1. The Morgan fingerprint density at radius 2 is 1.74 bits per heavy atom. The maximum atomic E-state index is 5.58. The van der Waals surface area contributed by atoms with E-state index >= 15 is 0 Å². The van der Waals surface area contributed by atoms with Gasteiger partial charge in [0.2, 0.25) is 0 Å². The highest BCUT2D eigenvalue weighted by atomic mass is 16.3. The van der Waals surface area contributed by atoms with Crippen LogP contribution in [0.4, 0.5) is 0 Å². The molecule has 1 aliphatic carbocycles. The van der Waals surface area contributed by atoms with E-state index in [1.165, 1.54) is 39.7 Å². The van der Waals surface area contributed by atoms with Crippen LogP contribution in [0.3, 0.4) is 0 Å². The van der Waals surface area contributed by atoms with Gasteiger partial charge in [-0.3, -0.25) is 0 Å². The maximum Gasteiger partial charge on any atom is 0.181 e. The first-order valence-corrected chi connectivity index (χ1v) is 9.24. The van der Waals surface area contributed by atoms with Crippen molar-refractivity contribution in [3.8, 4) is 16.8 Å². The molecule has 2 heterocycles. The minimum Gasteiger partial charge on any atom is -0.443 e. The van der Waals surface area contributed by atoms with Gasteiger partial charge in [0.25, 0.3) is 0 Å². The third-order valence-electron chi connectivity index (χ3n) is 5.91. The Hall–Kier alpha value is -3.33. The molecule has 1 aliphatic rings. The molecule has 3 heteroatoms. The molecule has 0 radical (unpaired) electrons. The van der Waals surface area contributed by atoms with Crippen molar-refractivity contribution >= 4 is 22.0 Å². The van der Waals surface area contributed by atoms with E-state index < -0.39 is 0 Å². The molecule has 130 valence electrons. The van der Waals surface area contributed by atoms with Crippen LogP contribution in [0.15, 0.2) is 77.5 Å². The monoisotopic (exact) mass is 350 g/mol. The zero-order valence-corrected chi connectivity index (χ0v) is 15.2. The molecular weight excluding hydrogens is 332 g/mol. The summed E-state index contributed by atoms with van der Waals surface area (Å²) < 4.78 is 7.97. The van der Waals surface area contributed by atoms with Crippen LogP contribution >= 0.6 is 0 Å². The molecular formula is C24H18N2O. The molecule has 27 heavy (non-hydrogen) atoms. The van der Waals surface area contributed by atoms with Gasteiger partial charge < -0.3 is 8.98 Å². The molecule has 3 nitrogen and oxygen atoms in total. The Labute approximate surface area is 156 Å². The van der Waals surface area contributed by atoms with E-state index in [0.717, 1.165) is 16.8 Å². The highest BCUT2D eigenvalue weighted by molar-refractivity contribution is 6.03. The Morgan fingerprint density at radius 3 is 2.67 bits per heavy atom. The largest absolute Gasteiger partial charge is 0.443 e. The van der Waals surface area contributed by atoms with Gasteiger partial charge in [0.1, 0.15) is 5.52 Å². The van der Waals surface area contributed by atoms with Crippen molar-refractivity contribution in [2.75, 3.05) is 0 Å². The van der Waals surface area contributed by atoms with Gasteiger partial charge in [-0.2, -0.15) is 0 Å². The van der Waals surface area contributed by atoms with Crippen LogP contribution in [0.2, 0.25) is 0 Å². The summed E-state index contributed by atoms with van der Waals surface area (Å²) in [6.07, 6.45) is 1.51. The van der Waals surface area contributed by atoms with Crippen LogP contribution in [-0.4, -0.2) is 9.55 Å². The second-order valence-electron chi connectivity index (χ2n) is 7.75. The van der Waals surface area contributed by atoms with Crippen LogP contribution in [0, 0.1) is 0 Å². The zero-order valence-electron chi connectivity index (χ0n) is 15.2.